The van der Waals surface area contributed by atoms with Crippen molar-refractivity contribution in [1.82, 2.24) is 4.98 Å². The van der Waals surface area contributed by atoms with Gasteiger partial charge < -0.3 is 0 Å². The fraction of sp³-hybridized carbons (Fsp3) is 0.111. The Labute approximate surface area is 65.3 Å². The maximum atomic E-state index is 10.9. The quantitative estimate of drug-likeness (QED) is 0.337. The molecule has 2 heteroatoms. The van der Waals surface area contributed by atoms with Crippen molar-refractivity contribution in [3.63, 3.8) is 0 Å². The van der Waals surface area contributed by atoms with Crippen LogP contribution in [-0.2, 0) is 0 Å². The molecule has 1 aromatic rings. The van der Waals surface area contributed by atoms with Crippen LogP contribution in [0.1, 0.15) is 16.2 Å². The van der Waals surface area contributed by atoms with Crippen molar-refractivity contribution < 1.29 is 4.79 Å². The molecule has 0 spiro atoms. The molecule has 0 saturated heterocycles. The van der Waals surface area contributed by atoms with Crippen LogP contribution in [0.25, 0.3) is 0 Å². The van der Waals surface area contributed by atoms with Crippen molar-refractivity contribution in [2.24, 2.45) is 0 Å². The third-order valence-electron chi connectivity index (χ3n) is 1.25. The van der Waals surface area contributed by atoms with E-state index in [1.54, 1.807) is 12.1 Å². The summed E-state index contributed by atoms with van der Waals surface area (Å²) in [5.41, 5.74) is 1.14. The maximum absolute atomic E-state index is 10.9. The van der Waals surface area contributed by atoms with Crippen LogP contribution in [0.4, 0.5) is 0 Å². The molecule has 0 bridgehead atoms. The first-order valence-electron chi connectivity index (χ1n) is 3.18. The van der Waals surface area contributed by atoms with Crippen molar-refractivity contribution >= 4 is 5.78 Å². The second-order valence-corrected chi connectivity index (χ2v) is 2.14. The summed E-state index contributed by atoms with van der Waals surface area (Å²) in [7, 11) is 0. The molecule has 0 fully saturated rings. The van der Waals surface area contributed by atoms with Gasteiger partial charge in [-0.3, -0.25) is 4.79 Å². The molecule has 2 nitrogen and oxygen atoms in total. The van der Waals surface area contributed by atoms with E-state index in [1.807, 2.05) is 18.9 Å². The van der Waals surface area contributed by atoms with E-state index >= 15 is 0 Å². The lowest BCUT2D eigenvalue weighted by Crippen LogP contribution is -1.98. The standard InChI is InChI=1S/C9H7NO/c1-3-9(11)8-6-4-5-7(2)10-8/h1,4-6H,2H3. The number of aromatic nitrogens is 1. The number of ketones is 1. The minimum Gasteiger partial charge on any atom is -0.277 e. The van der Waals surface area contributed by atoms with Crippen LogP contribution in [0.3, 0.4) is 0 Å². The first-order valence-corrected chi connectivity index (χ1v) is 3.18. The molecule has 0 N–H and O–H groups in total. The lowest BCUT2D eigenvalue weighted by atomic mass is 10.2. The van der Waals surface area contributed by atoms with Gasteiger partial charge in [0, 0.05) is 5.69 Å². The van der Waals surface area contributed by atoms with E-state index in [2.05, 4.69) is 4.98 Å². The normalized spacial score (nSPS) is 8.73. The third-order valence-corrected chi connectivity index (χ3v) is 1.25. The molecule has 0 radical (unpaired) electrons. The number of carbonyl (C=O) groups is 1. The molecule has 0 aromatic carbocycles. The summed E-state index contributed by atoms with van der Waals surface area (Å²) in [4.78, 5) is 14.8. The summed E-state index contributed by atoms with van der Waals surface area (Å²) in [5.74, 6) is 1.64. The van der Waals surface area contributed by atoms with E-state index in [1.165, 1.54) is 0 Å². The number of hydrogen-bond acceptors (Lipinski definition) is 2. The van der Waals surface area contributed by atoms with Gasteiger partial charge >= 0.3 is 0 Å². The Hall–Kier alpha value is -1.62. The number of terminal acetylenes is 1. The van der Waals surface area contributed by atoms with Crippen LogP contribution in [0.2, 0.25) is 0 Å². The Bertz CT molecular complexity index is 323. The highest BCUT2D eigenvalue weighted by molar-refractivity contribution is 6.07. The van der Waals surface area contributed by atoms with E-state index in [4.69, 9.17) is 6.42 Å². The van der Waals surface area contributed by atoms with Gasteiger partial charge in [-0.1, -0.05) is 6.07 Å². The fourth-order valence-corrected chi connectivity index (χ4v) is 0.743. The minimum atomic E-state index is -0.367. The number of pyridine rings is 1. The van der Waals surface area contributed by atoms with Gasteiger partial charge in [0.05, 0.1) is 0 Å². The molecule has 0 aliphatic carbocycles. The number of hydrogen-bond donors (Lipinski definition) is 0. The largest absolute Gasteiger partial charge is 0.277 e. The van der Waals surface area contributed by atoms with Crippen LogP contribution in [-0.4, -0.2) is 10.8 Å². The van der Waals surface area contributed by atoms with Gasteiger partial charge in [0.2, 0.25) is 0 Å². The predicted octanol–water partition coefficient (Wildman–Crippen LogP) is 1.21. The Morgan fingerprint density at radius 3 is 2.91 bits per heavy atom. The first-order chi connectivity index (χ1) is 5.24. The minimum absolute atomic E-state index is 0.340. The highest BCUT2D eigenvalue weighted by Crippen LogP contribution is 1.97. The Kier molecular flexibility index (Phi) is 2.03. The SMILES string of the molecule is C#CC(=O)c1cccc(C)n1. The number of aryl methyl sites for hydroxylation is 1. The second kappa shape index (κ2) is 2.98. The van der Waals surface area contributed by atoms with Crippen LogP contribution in [0.15, 0.2) is 18.2 Å². The first kappa shape index (κ1) is 7.49. The van der Waals surface area contributed by atoms with Crippen molar-refractivity contribution in [2.45, 2.75) is 6.92 Å². The van der Waals surface area contributed by atoms with Gasteiger partial charge in [0.15, 0.2) is 0 Å². The van der Waals surface area contributed by atoms with Gasteiger partial charge in [0.25, 0.3) is 5.78 Å². The number of Topliss-reactive ketones (excluding diaryl/α,β-unsaturated/α-hetero) is 1. The fourth-order valence-electron chi connectivity index (χ4n) is 0.743. The average Bonchev–Trinajstić information content (AvgIpc) is 2.03. The Balaban J connectivity index is 3.08. The highest BCUT2D eigenvalue weighted by atomic mass is 16.1. The third kappa shape index (κ3) is 1.65. The number of carbonyl (C=O) groups excluding carboxylic acids is 1. The highest BCUT2D eigenvalue weighted by Gasteiger charge is 2.01. The molecular weight excluding hydrogens is 138 g/mol. The van der Waals surface area contributed by atoms with Gasteiger partial charge in [-0.2, -0.15) is 0 Å². The molecule has 1 aromatic heterocycles. The van der Waals surface area contributed by atoms with E-state index in [9.17, 15) is 4.79 Å². The van der Waals surface area contributed by atoms with Gasteiger partial charge in [-0.25, -0.2) is 4.98 Å². The van der Waals surface area contributed by atoms with E-state index in [0.717, 1.165) is 5.69 Å². The zero-order chi connectivity index (χ0) is 8.27. The monoisotopic (exact) mass is 145 g/mol. The van der Waals surface area contributed by atoms with Crippen LogP contribution >= 0.6 is 0 Å². The molecule has 0 amide bonds. The summed E-state index contributed by atoms with van der Waals surface area (Å²) in [5, 5.41) is 0. The molecule has 11 heavy (non-hydrogen) atoms. The van der Waals surface area contributed by atoms with Crippen LogP contribution in [0, 0.1) is 19.3 Å². The molecule has 1 rings (SSSR count). The van der Waals surface area contributed by atoms with E-state index in [0.29, 0.717) is 5.69 Å². The molecule has 0 atom stereocenters. The molecule has 1 heterocycles. The summed E-state index contributed by atoms with van der Waals surface area (Å²) < 4.78 is 0. The molecule has 0 saturated carbocycles. The zero-order valence-electron chi connectivity index (χ0n) is 6.16. The summed E-state index contributed by atoms with van der Waals surface area (Å²) in [6.07, 6.45) is 4.91. The number of rotatable bonds is 1. The predicted molar refractivity (Wildman–Crippen MR) is 42.1 cm³/mol. The van der Waals surface area contributed by atoms with Crippen molar-refractivity contribution in [3.8, 4) is 12.3 Å². The van der Waals surface area contributed by atoms with Crippen LogP contribution < -0.4 is 0 Å². The molecule has 54 valence electrons. The van der Waals surface area contributed by atoms with Crippen molar-refractivity contribution in [1.29, 1.82) is 0 Å². The van der Waals surface area contributed by atoms with Gasteiger partial charge in [-0.15, -0.1) is 6.42 Å². The smallest absolute Gasteiger partial charge is 0.253 e. The summed E-state index contributed by atoms with van der Waals surface area (Å²) in [6, 6.07) is 5.18. The Morgan fingerprint density at radius 1 is 1.64 bits per heavy atom. The number of nitrogens with zero attached hydrogens (tertiary/aromatic N) is 1. The van der Waals surface area contributed by atoms with E-state index in [-0.39, 0.29) is 5.78 Å². The van der Waals surface area contributed by atoms with Gasteiger partial charge in [0.1, 0.15) is 5.69 Å². The molecule has 0 unspecified atom stereocenters. The van der Waals surface area contributed by atoms with Crippen molar-refractivity contribution in [3.05, 3.63) is 29.6 Å². The molecule has 0 aliphatic rings. The Morgan fingerprint density at radius 2 is 2.36 bits per heavy atom. The van der Waals surface area contributed by atoms with Crippen LogP contribution in [0.5, 0.6) is 0 Å². The topological polar surface area (TPSA) is 30.0 Å². The lowest BCUT2D eigenvalue weighted by molar-refractivity contribution is 0.105. The summed E-state index contributed by atoms with van der Waals surface area (Å²) in [6.45, 7) is 1.81. The lowest BCUT2D eigenvalue weighted by Gasteiger charge is -1.93. The molecular formula is C9H7NO. The van der Waals surface area contributed by atoms with E-state index < -0.39 is 0 Å². The average molecular weight is 145 g/mol. The zero-order valence-corrected chi connectivity index (χ0v) is 6.16. The summed E-state index contributed by atoms with van der Waals surface area (Å²) >= 11 is 0. The second-order valence-electron chi connectivity index (χ2n) is 2.14. The van der Waals surface area contributed by atoms with Crippen molar-refractivity contribution in [2.75, 3.05) is 0 Å². The van der Waals surface area contributed by atoms with Gasteiger partial charge in [-0.05, 0) is 25.0 Å². The molecule has 0 aliphatic heterocycles. The maximum Gasteiger partial charge on any atom is 0.253 e.